The van der Waals surface area contributed by atoms with E-state index in [-0.39, 0.29) is 5.02 Å². The molecular formula is C26H25Cl2N5O2. The molecule has 7 nitrogen and oxygen atoms in total. The molecule has 0 unspecified atom stereocenters. The van der Waals surface area contributed by atoms with E-state index in [1.165, 1.54) is 0 Å². The number of anilines is 2. The summed E-state index contributed by atoms with van der Waals surface area (Å²) in [6.07, 6.45) is 2.08. The van der Waals surface area contributed by atoms with E-state index in [0.717, 1.165) is 42.4 Å². The second kappa shape index (κ2) is 10.6. The molecule has 1 aliphatic rings. The van der Waals surface area contributed by atoms with Gasteiger partial charge in [-0.15, -0.1) is 5.10 Å². The van der Waals surface area contributed by atoms with Gasteiger partial charge < -0.3 is 15.4 Å². The summed E-state index contributed by atoms with van der Waals surface area (Å²) in [6, 6.07) is 20.2. The lowest BCUT2D eigenvalue weighted by Crippen LogP contribution is -2.30. The molecule has 0 bridgehead atoms. The van der Waals surface area contributed by atoms with Crippen molar-refractivity contribution in [3.63, 3.8) is 0 Å². The first-order chi connectivity index (χ1) is 17.1. The number of hydrogen-bond donors (Lipinski definition) is 3. The third-order valence-electron chi connectivity index (χ3n) is 6.06. The number of urea groups is 1. The van der Waals surface area contributed by atoms with Gasteiger partial charge in [-0.1, -0.05) is 65.7 Å². The second-order valence-corrected chi connectivity index (χ2v) is 9.22. The number of rotatable bonds is 6. The molecule has 5 rings (SSSR count). The molecule has 0 saturated carbocycles. The first-order valence-corrected chi connectivity index (χ1v) is 12.3. The summed E-state index contributed by atoms with van der Waals surface area (Å²) >= 11 is 13.0. The molecule has 35 heavy (non-hydrogen) atoms. The van der Waals surface area contributed by atoms with Crippen LogP contribution in [0.15, 0.2) is 66.7 Å². The lowest BCUT2D eigenvalue weighted by molar-refractivity contribution is 0.208. The molecular weight excluding hydrogens is 485 g/mol. The number of ether oxygens (including phenoxy) is 1. The number of fused-ring (bicyclic) bond motifs is 1. The van der Waals surface area contributed by atoms with Crippen LogP contribution < -0.4 is 20.7 Å². The molecule has 1 aromatic heterocycles. The highest BCUT2D eigenvalue weighted by atomic mass is 35.5. The van der Waals surface area contributed by atoms with Gasteiger partial charge in [-0.3, -0.25) is 5.32 Å². The van der Waals surface area contributed by atoms with Gasteiger partial charge in [0.05, 0.1) is 18.0 Å². The van der Waals surface area contributed by atoms with Crippen LogP contribution >= 0.6 is 23.2 Å². The van der Waals surface area contributed by atoms with Gasteiger partial charge in [-0.2, -0.15) is 0 Å². The van der Waals surface area contributed by atoms with E-state index in [9.17, 15) is 4.79 Å². The standard InChI is InChI=1S/C26H25Cl2N5O2/c27-21-10-11-22(20-9-5-4-8-19(20)21)30-26(34)31-24-23(28)25(35-16-17-12-14-29-15-13-17)32-33(24)18-6-2-1-3-7-18/h1-11,17,29H,12-16H2,(H2,30,31,34). The Hall–Kier alpha value is -3.26. The van der Waals surface area contributed by atoms with Crippen LogP contribution in [-0.2, 0) is 0 Å². The van der Waals surface area contributed by atoms with E-state index in [2.05, 4.69) is 21.0 Å². The van der Waals surface area contributed by atoms with Crippen LogP contribution in [0.4, 0.5) is 16.3 Å². The van der Waals surface area contributed by atoms with Gasteiger partial charge in [0.15, 0.2) is 5.82 Å². The van der Waals surface area contributed by atoms with Crippen LogP contribution in [0.5, 0.6) is 5.88 Å². The summed E-state index contributed by atoms with van der Waals surface area (Å²) in [5.41, 5.74) is 1.38. The van der Waals surface area contributed by atoms with Crippen molar-refractivity contribution in [2.75, 3.05) is 30.3 Å². The molecule has 1 aliphatic heterocycles. The maximum Gasteiger partial charge on any atom is 0.324 e. The van der Waals surface area contributed by atoms with Crippen molar-refractivity contribution in [3.05, 3.63) is 76.8 Å². The quantitative estimate of drug-likeness (QED) is 0.282. The lowest BCUT2D eigenvalue weighted by Gasteiger charge is -2.22. The molecule has 180 valence electrons. The Bertz CT molecular complexity index is 1340. The van der Waals surface area contributed by atoms with Gasteiger partial charge >= 0.3 is 6.03 Å². The molecule has 0 spiro atoms. The first kappa shape index (κ1) is 23.5. The van der Waals surface area contributed by atoms with Crippen LogP contribution in [0.2, 0.25) is 10.0 Å². The minimum absolute atomic E-state index is 0.249. The molecule has 9 heteroatoms. The van der Waals surface area contributed by atoms with Crippen molar-refractivity contribution < 1.29 is 9.53 Å². The van der Waals surface area contributed by atoms with E-state index in [1.54, 1.807) is 16.8 Å². The number of nitrogens with zero attached hydrogens (tertiary/aromatic N) is 2. The van der Waals surface area contributed by atoms with Crippen molar-refractivity contribution in [1.29, 1.82) is 0 Å². The first-order valence-electron chi connectivity index (χ1n) is 11.5. The van der Waals surface area contributed by atoms with Crippen LogP contribution in [0.1, 0.15) is 12.8 Å². The second-order valence-electron chi connectivity index (χ2n) is 8.44. The number of para-hydroxylation sites is 1. The summed E-state index contributed by atoms with van der Waals surface area (Å²) in [4.78, 5) is 13.1. The zero-order valence-corrected chi connectivity index (χ0v) is 20.4. The minimum Gasteiger partial charge on any atom is -0.475 e. The van der Waals surface area contributed by atoms with Crippen LogP contribution in [0.25, 0.3) is 16.5 Å². The number of carbonyl (C=O) groups is 1. The van der Waals surface area contributed by atoms with Gasteiger partial charge in [-0.05, 0) is 56.1 Å². The van der Waals surface area contributed by atoms with E-state index in [4.69, 9.17) is 27.9 Å². The summed E-state index contributed by atoms with van der Waals surface area (Å²) < 4.78 is 7.59. The number of nitrogens with one attached hydrogen (secondary N) is 3. The summed E-state index contributed by atoms with van der Waals surface area (Å²) in [5, 5.41) is 16.2. The molecule has 1 saturated heterocycles. The number of piperidine rings is 1. The van der Waals surface area contributed by atoms with Crippen LogP contribution in [-0.4, -0.2) is 35.5 Å². The molecule has 0 aliphatic carbocycles. The Morgan fingerprint density at radius 2 is 1.69 bits per heavy atom. The fourth-order valence-corrected chi connectivity index (χ4v) is 4.66. The monoisotopic (exact) mass is 509 g/mol. The Kier molecular flexibility index (Phi) is 7.08. The molecule has 2 amide bonds. The van der Waals surface area contributed by atoms with Gasteiger partial charge in [0.25, 0.3) is 5.88 Å². The third-order valence-corrected chi connectivity index (χ3v) is 6.73. The molecule has 2 heterocycles. The van der Waals surface area contributed by atoms with Gasteiger partial charge in [-0.25, -0.2) is 9.48 Å². The zero-order chi connectivity index (χ0) is 24.2. The Balaban J connectivity index is 1.40. The summed E-state index contributed by atoms with van der Waals surface area (Å²) in [6.45, 7) is 2.48. The molecule has 3 aromatic carbocycles. The fourth-order valence-electron chi connectivity index (χ4n) is 4.21. The molecule has 0 radical (unpaired) electrons. The molecule has 4 aromatic rings. The number of benzene rings is 3. The number of carbonyl (C=O) groups excluding carboxylic acids is 1. The van der Waals surface area contributed by atoms with Crippen LogP contribution in [0.3, 0.4) is 0 Å². The molecule has 3 N–H and O–H groups in total. The predicted molar refractivity (Wildman–Crippen MR) is 141 cm³/mol. The van der Waals surface area contributed by atoms with E-state index >= 15 is 0 Å². The van der Waals surface area contributed by atoms with Crippen molar-refractivity contribution >= 4 is 51.5 Å². The maximum atomic E-state index is 13.1. The Morgan fingerprint density at radius 3 is 2.46 bits per heavy atom. The van der Waals surface area contributed by atoms with E-state index in [0.29, 0.717) is 34.9 Å². The Labute approximate surface area is 213 Å². The van der Waals surface area contributed by atoms with Crippen molar-refractivity contribution in [2.45, 2.75) is 12.8 Å². The van der Waals surface area contributed by atoms with E-state index < -0.39 is 6.03 Å². The van der Waals surface area contributed by atoms with Gasteiger partial charge in [0.1, 0.15) is 5.02 Å². The van der Waals surface area contributed by atoms with Crippen LogP contribution in [0, 0.1) is 5.92 Å². The maximum absolute atomic E-state index is 13.1. The van der Waals surface area contributed by atoms with Crippen molar-refractivity contribution in [1.82, 2.24) is 15.1 Å². The number of hydrogen-bond acceptors (Lipinski definition) is 4. The topological polar surface area (TPSA) is 80.2 Å². The normalized spacial score (nSPS) is 14.1. The summed E-state index contributed by atoms with van der Waals surface area (Å²) in [5.74, 6) is 1.06. The fraction of sp³-hybridized carbons (Fsp3) is 0.231. The SMILES string of the molecule is O=C(Nc1ccc(Cl)c2ccccc12)Nc1c(Cl)c(OCC2CCNCC2)nn1-c1ccccc1. The third kappa shape index (κ3) is 5.22. The number of aromatic nitrogens is 2. The Morgan fingerprint density at radius 1 is 0.971 bits per heavy atom. The van der Waals surface area contributed by atoms with Gasteiger partial charge in [0.2, 0.25) is 0 Å². The highest BCUT2D eigenvalue weighted by molar-refractivity contribution is 6.36. The minimum atomic E-state index is -0.457. The van der Waals surface area contributed by atoms with E-state index in [1.807, 2.05) is 54.6 Å². The number of halogens is 2. The van der Waals surface area contributed by atoms with Gasteiger partial charge in [0, 0.05) is 15.8 Å². The van der Waals surface area contributed by atoms with Crippen molar-refractivity contribution in [2.24, 2.45) is 5.92 Å². The highest BCUT2D eigenvalue weighted by Gasteiger charge is 2.23. The number of amides is 2. The van der Waals surface area contributed by atoms with Crippen molar-refractivity contribution in [3.8, 4) is 11.6 Å². The zero-order valence-electron chi connectivity index (χ0n) is 18.9. The summed E-state index contributed by atoms with van der Waals surface area (Å²) in [7, 11) is 0. The molecule has 0 atom stereocenters. The predicted octanol–water partition coefficient (Wildman–Crippen LogP) is 6.35. The average Bonchev–Trinajstić information content (AvgIpc) is 3.20. The molecule has 1 fully saturated rings. The highest BCUT2D eigenvalue weighted by Crippen LogP contribution is 2.35. The smallest absolute Gasteiger partial charge is 0.324 e. The largest absolute Gasteiger partial charge is 0.475 e. The average molecular weight is 510 g/mol. The lowest BCUT2D eigenvalue weighted by atomic mass is 9.99.